The number of rotatable bonds is 3. The van der Waals surface area contributed by atoms with Crippen molar-refractivity contribution in [2.24, 2.45) is 5.73 Å². The van der Waals surface area contributed by atoms with Gasteiger partial charge < -0.3 is 15.5 Å². The van der Waals surface area contributed by atoms with Crippen LogP contribution in [0.5, 0.6) is 0 Å². The first-order valence-corrected chi connectivity index (χ1v) is 5.92. The summed E-state index contributed by atoms with van der Waals surface area (Å²) < 4.78 is 0. The lowest BCUT2D eigenvalue weighted by Crippen LogP contribution is -2.49. The van der Waals surface area contributed by atoms with Crippen LogP contribution in [-0.4, -0.2) is 48.6 Å². The van der Waals surface area contributed by atoms with E-state index in [1.54, 1.807) is 4.90 Å². The third-order valence-corrected chi connectivity index (χ3v) is 3.17. The summed E-state index contributed by atoms with van der Waals surface area (Å²) in [6.45, 7) is 4.34. The molecular formula is C11H24ClN3O. The Bertz CT molecular complexity index is 211. The summed E-state index contributed by atoms with van der Waals surface area (Å²) in [6, 6.07) is 0.529. The first-order chi connectivity index (χ1) is 7.20. The highest BCUT2D eigenvalue weighted by molar-refractivity contribution is 5.85. The monoisotopic (exact) mass is 249 g/mol. The van der Waals surface area contributed by atoms with Gasteiger partial charge in [0.25, 0.3) is 0 Å². The number of amides is 2. The van der Waals surface area contributed by atoms with Gasteiger partial charge in [-0.2, -0.15) is 0 Å². The van der Waals surface area contributed by atoms with Gasteiger partial charge in [-0.25, -0.2) is 4.79 Å². The summed E-state index contributed by atoms with van der Waals surface area (Å²) in [5.41, 5.74) is 5.58. The highest BCUT2D eigenvalue weighted by atomic mass is 35.5. The average Bonchev–Trinajstić information content (AvgIpc) is 2.28. The molecule has 1 fully saturated rings. The Labute approximate surface area is 105 Å². The normalized spacial score (nSPS) is 20.2. The van der Waals surface area contributed by atoms with E-state index in [1.165, 1.54) is 6.42 Å². The van der Waals surface area contributed by atoms with E-state index in [4.69, 9.17) is 5.73 Å². The summed E-state index contributed by atoms with van der Waals surface area (Å²) in [4.78, 5) is 15.8. The Morgan fingerprint density at radius 1 is 1.50 bits per heavy atom. The highest BCUT2D eigenvalue weighted by Crippen LogP contribution is 2.20. The molecule has 2 N–H and O–H groups in total. The number of hydrogen-bond acceptors (Lipinski definition) is 2. The predicted octanol–water partition coefficient (Wildman–Crippen LogP) is 1.68. The molecule has 4 nitrogen and oxygen atoms in total. The van der Waals surface area contributed by atoms with Crippen LogP contribution in [0.1, 0.15) is 32.6 Å². The van der Waals surface area contributed by atoms with Crippen LogP contribution < -0.4 is 5.73 Å². The minimum atomic E-state index is 0. The second-order valence-electron chi connectivity index (χ2n) is 4.22. The SMILES string of the molecule is CCN(C)C(=O)N1CCCCC1CCN.Cl. The van der Waals surface area contributed by atoms with E-state index in [2.05, 4.69) is 0 Å². The van der Waals surface area contributed by atoms with E-state index in [-0.39, 0.29) is 18.4 Å². The Morgan fingerprint density at radius 2 is 2.19 bits per heavy atom. The number of likely N-dealkylation sites (tertiary alicyclic amines) is 1. The number of carbonyl (C=O) groups excluding carboxylic acids is 1. The first-order valence-electron chi connectivity index (χ1n) is 5.92. The van der Waals surface area contributed by atoms with Crippen LogP contribution in [0, 0.1) is 0 Å². The van der Waals surface area contributed by atoms with Gasteiger partial charge in [0.05, 0.1) is 0 Å². The largest absolute Gasteiger partial charge is 0.330 e. The first kappa shape index (κ1) is 15.5. The lowest BCUT2D eigenvalue weighted by Gasteiger charge is -2.37. The zero-order chi connectivity index (χ0) is 11.3. The van der Waals surface area contributed by atoms with Gasteiger partial charge in [-0.05, 0) is 39.2 Å². The van der Waals surface area contributed by atoms with Crippen molar-refractivity contribution in [1.82, 2.24) is 9.80 Å². The Hall–Kier alpha value is -0.480. The third kappa shape index (κ3) is 3.83. The van der Waals surface area contributed by atoms with Crippen molar-refractivity contribution in [2.45, 2.75) is 38.6 Å². The summed E-state index contributed by atoms with van der Waals surface area (Å²) in [6.07, 6.45) is 4.40. The van der Waals surface area contributed by atoms with Gasteiger partial charge in [0.1, 0.15) is 0 Å². The van der Waals surface area contributed by atoms with E-state index in [9.17, 15) is 4.79 Å². The maximum atomic E-state index is 12.0. The Morgan fingerprint density at radius 3 is 2.75 bits per heavy atom. The van der Waals surface area contributed by atoms with E-state index in [0.717, 1.165) is 32.4 Å². The molecule has 0 aromatic rings. The number of hydrogen-bond donors (Lipinski definition) is 1. The molecule has 16 heavy (non-hydrogen) atoms. The van der Waals surface area contributed by atoms with Gasteiger partial charge in [0, 0.05) is 26.2 Å². The van der Waals surface area contributed by atoms with E-state index in [0.29, 0.717) is 12.6 Å². The quantitative estimate of drug-likeness (QED) is 0.828. The molecule has 1 atom stereocenters. The molecule has 0 aliphatic carbocycles. The molecule has 1 unspecified atom stereocenters. The topological polar surface area (TPSA) is 49.6 Å². The molecule has 5 heteroatoms. The molecular weight excluding hydrogens is 226 g/mol. The van der Waals surface area contributed by atoms with Gasteiger partial charge in [0.15, 0.2) is 0 Å². The van der Waals surface area contributed by atoms with Crippen molar-refractivity contribution < 1.29 is 4.79 Å². The third-order valence-electron chi connectivity index (χ3n) is 3.17. The van der Waals surface area contributed by atoms with Crippen LogP contribution in [0.15, 0.2) is 0 Å². The predicted molar refractivity (Wildman–Crippen MR) is 69.0 cm³/mol. The number of piperidine rings is 1. The number of nitrogens with two attached hydrogens (primary N) is 1. The molecule has 1 aliphatic rings. The summed E-state index contributed by atoms with van der Waals surface area (Å²) in [7, 11) is 1.86. The van der Waals surface area contributed by atoms with Crippen molar-refractivity contribution in [3.05, 3.63) is 0 Å². The molecule has 0 aromatic carbocycles. The van der Waals surface area contributed by atoms with Gasteiger partial charge in [0.2, 0.25) is 0 Å². The summed E-state index contributed by atoms with van der Waals surface area (Å²) >= 11 is 0. The smallest absolute Gasteiger partial charge is 0.319 e. The second kappa shape index (κ2) is 7.74. The second-order valence-corrected chi connectivity index (χ2v) is 4.22. The van der Waals surface area contributed by atoms with Gasteiger partial charge in [-0.3, -0.25) is 0 Å². The molecule has 0 aromatic heterocycles. The average molecular weight is 250 g/mol. The highest BCUT2D eigenvalue weighted by Gasteiger charge is 2.27. The summed E-state index contributed by atoms with van der Waals surface area (Å²) in [5.74, 6) is 0. The molecule has 1 rings (SSSR count). The van der Waals surface area contributed by atoms with Crippen molar-refractivity contribution in [2.75, 3.05) is 26.7 Å². The molecule has 1 saturated heterocycles. The summed E-state index contributed by atoms with van der Waals surface area (Å²) in [5, 5.41) is 0. The van der Waals surface area contributed by atoms with Crippen LogP contribution in [0.25, 0.3) is 0 Å². The number of nitrogens with zero attached hydrogens (tertiary/aromatic N) is 2. The van der Waals surface area contributed by atoms with Crippen LogP contribution in [-0.2, 0) is 0 Å². The number of carbonyl (C=O) groups is 1. The minimum absolute atomic E-state index is 0. The van der Waals surface area contributed by atoms with Crippen LogP contribution in [0.3, 0.4) is 0 Å². The molecule has 96 valence electrons. The van der Waals surface area contributed by atoms with E-state index < -0.39 is 0 Å². The van der Waals surface area contributed by atoms with Crippen molar-refractivity contribution in [3.8, 4) is 0 Å². The zero-order valence-corrected chi connectivity index (χ0v) is 11.1. The fourth-order valence-corrected chi connectivity index (χ4v) is 2.10. The van der Waals surface area contributed by atoms with Crippen molar-refractivity contribution in [1.29, 1.82) is 0 Å². The standard InChI is InChI=1S/C11H23N3O.ClH/c1-3-13(2)11(15)14-9-5-4-6-10(14)7-8-12;/h10H,3-9,12H2,1-2H3;1H. The van der Waals surface area contributed by atoms with Gasteiger partial charge >= 0.3 is 6.03 Å². The molecule has 1 heterocycles. The maximum Gasteiger partial charge on any atom is 0.319 e. The zero-order valence-electron chi connectivity index (χ0n) is 10.3. The maximum absolute atomic E-state index is 12.0. The van der Waals surface area contributed by atoms with Crippen molar-refractivity contribution >= 4 is 18.4 Å². The lowest BCUT2D eigenvalue weighted by molar-refractivity contribution is 0.121. The van der Waals surface area contributed by atoms with Crippen LogP contribution >= 0.6 is 12.4 Å². The molecule has 0 saturated carbocycles. The molecule has 1 aliphatic heterocycles. The minimum Gasteiger partial charge on any atom is -0.330 e. The molecule has 0 radical (unpaired) electrons. The van der Waals surface area contributed by atoms with Crippen LogP contribution in [0.4, 0.5) is 4.79 Å². The Balaban J connectivity index is 0.00000225. The Kier molecular flexibility index (Phi) is 7.51. The number of halogens is 1. The van der Waals surface area contributed by atoms with Gasteiger partial charge in [-0.1, -0.05) is 0 Å². The fraction of sp³-hybridized carbons (Fsp3) is 0.909. The van der Waals surface area contributed by atoms with E-state index >= 15 is 0 Å². The lowest BCUT2D eigenvalue weighted by atomic mass is 10.00. The van der Waals surface area contributed by atoms with E-state index in [1.807, 2.05) is 18.9 Å². The van der Waals surface area contributed by atoms with Crippen LogP contribution in [0.2, 0.25) is 0 Å². The number of urea groups is 1. The molecule has 2 amide bonds. The molecule has 0 bridgehead atoms. The van der Waals surface area contributed by atoms with Gasteiger partial charge in [-0.15, -0.1) is 12.4 Å². The fourth-order valence-electron chi connectivity index (χ4n) is 2.10. The molecule has 0 spiro atoms. The van der Waals surface area contributed by atoms with Crippen molar-refractivity contribution in [3.63, 3.8) is 0 Å².